The quantitative estimate of drug-likeness (QED) is 0.661. The van der Waals surface area contributed by atoms with Crippen LogP contribution in [-0.4, -0.2) is 5.11 Å². The molecule has 0 spiro atoms. The summed E-state index contributed by atoms with van der Waals surface area (Å²) in [4.78, 5) is 0. The molecule has 3 unspecified atom stereocenters. The minimum atomic E-state index is 0.423. The lowest BCUT2D eigenvalue weighted by Crippen LogP contribution is -2.34. The van der Waals surface area contributed by atoms with Gasteiger partial charge in [0.05, 0.1) is 0 Å². The summed E-state index contributed by atoms with van der Waals surface area (Å²) in [5.41, 5.74) is 3.36. The van der Waals surface area contributed by atoms with Gasteiger partial charge in [-0.05, 0) is 53.4 Å². The van der Waals surface area contributed by atoms with Crippen LogP contribution in [0.25, 0.3) is 0 Å². The van der Waals surface area contributed by atoms with Crippen molar-refractivity contribution in [2.24, 2.45) is 5.41 Å². The van der Waals surface area contributed by atoms with Gasteiger partial charge in [0.1, 0.15) is 5.75 Å². The second-order valence-electron chi connectivity index (χ2n) is 5.13. The van der Waals surface area contributed by atoms with Crippen LogP contribution >= 0.6 is 0 Å². The molecule has 1 fully saturated rings. The van der Waals surface area contributed by atoms with E-state index in [1.165, 1.54) is 24.0 Å². The van der Waals surface area contributed by atoms with E-state index in [2.05, 4.69) is 19.9 Å². The van der Waals surface area contributed by atoms with Crippen molar-refractivity contribution in [3.05, 3.63) is 29.3 Å². The predicted octanol–water partition coefficient (Wildman–Crippen LogP) is 3.39. The monoisotopic (exact) mass is 188 g/mol. The van der Waals surface area contributed by atoms with E-state index in [1.807, 2.05) is 12.1 Å². The maximum atomic E-state index is 9.49. The zero-order chi connectivity index (χ0) is 9.92. The molecule has 3 rings (SSSR count). The Morgan fingerprint density at radius 3 is 2.79 bits per heavy atom. The van der Waals surface area contributed by atoms with Crippen molar-refractivity contribution < 1.29 is 5.11 Å². The van der Waals surface area contributed by atoms with Crippen LogP contribution in [0, 0.1) is 5.41 Å². The number of fused-ring (bicyclic) bond motifs is 3. The molecule has 0 saturated heterocycles. The Morgan fingerprint density at radius 2 is 2.14 bits per heavy atom. The first-order valence-corrected chi connectivity index (χ1v) is 5.46. The molecule has 1 nitrogen and oxygen atoms in total. The molecule has 0 heterocycles. The number of rotatable bonds is 0. The lowest BCUT2D eigenvalue weighted by atomic mass is 9.59. The van der Waals surface area contributed by atoms with Gasteiger partial charge in [0, 0.05) is 0 Å². The molecule has 0 radical (unpaired) electrons. The summed E-state index contributed by atoms with van der Waals surface area (Å²) in [6.07, 6.45) is 2.64. The Balaban J connectivity index is 2.18. The number of aromatic hydroxyl groups is 1. The van der Waals surface area contributed by atoms with Gasteiger partial charge in [0.25, 0.3) is 0 Å². The largest absolute Gasteiger partial charge is 0.508 e. The summed E-state index contributed by atoms with van der Waals surface area (Å²) >= 11 is 0. The second-order valence-corrected chi connectivity index (χ2v) is 5.13. The molecule has 0 bridgehead atoms. The van der Waals surface area contributed by atoms with Crippen molar-refractivity contribution in [2.45, 2.75) is 38.5 Å². The zero-order valence-electron chi connectivity index (χ0n) is 8.75. The molecular formula is C13H16O. The van der Waals surface area contributed by atoms with Crippen molar-refractivity contribution in [3.8, 4) is 5.75 Å². The Kier molecular flexibility index (Phi) is 1.39. The molecule has 1 saturated carbocycles. The number of phenols is 1. The third-order valence-corrected chi connectivity index (χ3v) is 4.67. The molecule has 3 atom stereocenters. The van der Waals surface area contributed by atoms with E-state index in [1.54, 1.807) is 0 Å². The van der Waals surface area contributed by atoms with Gasteiger partial charge in [-0.1, -0.05) is 19.9 Å². The Labute approximate surface area is 84.8 Å². The number of phenolic OH excluding ortho intramolecular Hbond substituents is 1. The molecule has 1 aromatic carbocycles. The van der Waals surface area contributed by atoms with E-state index in [9.17, 15) is 5.11 Å². The van der Waals surface area contributed by atoms with Gasteiger partial charge in [-0.2, -0.15) is 0 Å². The van der Waals surface area contributed by atoms with Gasteiger partial charge in [-0.3, -0.25) is 0 Å². The first-order chi connectivity index (χ1) is 6.63. The maximum absolute atomic E-state index is 9.49. The van der Waals surface area contributed by atoms with Crippen LogP contribution in [0.1, 0.15) is 49.7 Å². The highest BCUT2D eigenvalue weighted by molar-refractivity contribution is 5.47. The van der Waals surface area contributed by atoms with Gasteiger partial charge in [-0.15, -0.1) is 0 Å². The van der Waals surface area contributed by atoms with Crippen LogP contribution in [-0.2, 0) is 0 Å². The Hall–Kier alpha value is -0.980. The van der Waals surface area contributed by atoms with Crippen LogP contribution in [0.3, 0.4) is 0 Å². The molecule has 2 aliphatic carbocycles. The fourth-order valence-corrected chi connectivity index (χ4v) is 3.39. The topological polar surface area (TPSA) is 20.2 Å². The van der Waals surface area contributed by atoms with E-state index >= 15 is 0 Å². The van der Waals surface area contributed by atoms with Crippen molar-refractivity contribution in [3.63, 3.8) is 0 Å². The highest BCUT2D eigenvalue weighted by atomic mass is 16.3. The molecule has 14 heavy (non-hydrogen) atoms. The maximum Gasteiger partial charge on any atom is 0.115 e. The predicted molar refractivity (Wildman–Crippen MR) is 56.6 cm³/mol. The van der Waals surface area contributed by atoms with E-state index in [0.29, 0.717) is 23.0 Å². The zero-order valence-corrected chi connectivity index (χ0v) is 8.75. The molecule has 74 valence electrons. The van der Waals surface area contributed by atoms with E-state index in [4.69, 9.17) is 0 Å². The van der Waals surface area contributed by atoms with Crippen molar-refractivity contribution >= 4 is 0 Å². The smallest absolute Gasteiger partial charge is 0.115 e. The van der Waals surface area contributed by atoms with Crippen LogP contribution in [0.2, 0.25) is 0 Å². The van der Waals surface area contributed by atoms with E-state index in [-0.39, 0.29) is 0 Å². The molecular weight excluding hydrogens is 172 g/mol. The Bertz CT molecular complexity index is 396. The first kappa shape index (κ1) is 8.34. The molecule has 0 aliphatic heterocycles. The average molecular weight is 188 g/mol. The molecule has 2 aliphatic rings. The lowest BCUT2D eigenvalue weighted by molar-refractivity contribution is 0.107. The third-order valence-electron chi connectivity index (χ3n) is 4.67. The summed E-state index contributed by atoms with van der Waals surface area (Å²) in [6, 6.07) is 5.91. The van der Waals surface area contributed by atoms with Crippen LogP contribution < -0.4 is 0 Å². The summed E-state index contributed by atoms with van der Waals surface area (Å²) in [6.45, 7) is 4.72. The SMILES string of the molecule is CC1c2ccc(O)cc2C2CCC12C. The first-order valence-electron chi connectivity index (χ1n) is 5.46. The summed E-state index contributed by atoms with van der Waals surface area (Å²) in [5, 5.41) is 9.49. The highest BCUT2D eigenvalue weighted by Gasteiger charge is 2.53. The molecule has 0 aromatic heterocycles. The number of benzene rings is 1. The number of hydrogen-bond acceptors (Lipinski definition) is 1. The van der Waals surface area contributed by atoms with E-state index in [0.717, 1.165) is 0 Å². The molecule has 1 N–H and O–H groups in total. The Morgan fingerprint density at radius 1 is 1.36 bits per heavy atom. The average Bonchev–Trinajstić information content (AvgIpc) is 2.26. The molecule has 1 heteroatoms. The van der Waals surface area contributed by atoms with Gasteiger partial charge < -0.3 is 5.11 Å². The minimum Gasteiger partial charge on any atom is -0.508 e. The highest BCUT2D eigenvalue weighted by Crippen LogP contribution is 2.66. The van der Waals surface area contributed by atoms with E-state index < -0.39 is 0 Å². The summed E-state index contributed by atoms with van der Waals surface area (Å²) < 4.78 is 0. The van der Waals surface area contributed by atoms with Gasteiger partial charge in [0.15, 0.2) is 0 Å². The van der Waals surface area contributed by atoms with Crippen LogP contribution in [0.15, 0.2) is 18.2 Å². The lowest BCUT2D eigenvalue weighted by Gasteiger charge is -2.45. The van der Waals surface area contributed by atoms with Crippen molar-refractivity contribution in [1.29, 1.82) is 0 Å². The minimum absolute atomic E-state index is 0.423. The standard InChI is InChI=1S/C13H16O/c1-8-10-4-3-9(14)7-11(10)12-5-6-13(8,12)2/h3-4,7-8,12,14H,5-6H2,1-2H3. The van der Waals surface area contributed by atoms with Crippen molar-refractivity contribution in [2.75, 3.05) is 0 Å². The second kappa shape index (κ2) is 2.33. The summed E-state index contributed by atoms with van der Waals surface area (Å²) in [5.74, 6) is 1.79. The fourth-order valence-electron chi connectivity index (χ4n) is 3.39. The number of hydrogen-bond donors (Lipinski definition) is 1. The van der Waals surface area contributed by atoms with Gasteiger partial charge in [0.2, 0.25) is 0 Å². The molecule has 0 amide bonds. The van der Waals surface area contributed by atoms with Gasteiger partial charge >= 0.3 is 0 Å². The van der Waals surface area contributed by atoms with Crippen LogP contribution in [0.4, 0.5) is 0 Å². The van der Waals surface area contributed by atoms with Gasteiger partial charge in [-0.25, -0.2) is 0 Å². The summed E-state index contributed by atoms with van der Waals surface area (Å²) in [7, 11) is 0. The molecule has 1 aromatic rings. The fraction of sp³-hybridized carbons (Fsp3) is 0.538. The third kappa shape index (κ3) is 0.765. The van der Waals surface area contributed by atoms with Crippen LogP contribution in [0.5, 0.6) is 5.75 Å². The van der Waals surface area contributed by atoms with Crippen molar-refractivity contribution in [1.82, 2.24) is 0 Å². The normalized spacial score (nSPS) is 38.7.